The van der Waals surface area contributed by atoms with Gasteiger partial charge in [-0.25, -0.2) is 0 Å². The van der Waals surface area contributed by atoms with Crippen molar-refractivity contribution in [3.05, 3.63) is 35.0 Å². The van der Waals surface area contributed by atoms with Crippen molar-refractivity contribution in [3.8, 4) is 0 Å². The van der Waals surface area contributed by atoms with Crippen LogP contribution in [0.4, 0.5) is 0 Å². The van der Waals surface area contributed by atoms with Gasteiger partial charge in [0.15, 0.2) is 0 Å². The van der Waals surface area contributed by atoms with Crippen LogP contribution in [0.1, 0.15) is 12.1 Å². The summed E-state index contributed by atoms with van der Waals surface area (Å²) in [5.41, 5.74) is 0.668. The quantitative estimate of drug-likeness (QED) is 0.674. The Balaban J connectivity index is 2.14. The van der Waals surface area contributed by atoms with Gasteiger partial charge in [-0.05, 0) is 18.2 Å². The number of hydrogen-bond donors (Lipinski definition) is 1. The van der Waals surface area contributed by atoms with Crippen molar-refractivity contribution in [2.45, 2.75) is 6.42 Å². The molecule has 1 amide bonds. The summed E-state index contributed by atoms with van der Waals surface area (Å²) in [5.74, 6) is -1.22. The van der Waals surface area contributed by atoms with E-state index in [1.165, 1.54) is 4.90 Å². The third-order valence-electron chi connectivity index (χ3n) is 2.39. The molecule has 0 aliphatic carbocycles. The number of aliphatic carboxylic acids is 1. The largest absolute Gasteiger partial charge is 0.481 e. The summed E-state index contributed by atoms with van der Waals surface area (Å²) in [7, 11) is 0. The number of carboxylic acid groups (broad SMARTS) is 1. The number of pyridine rings is 1. The van der Waals surface area contributed by atoms with Crippen LogP contribution in [0.25, 0.3) is 6.08 Å². The van der Waals surface area contributed by atoms with E-state index in [0.717, 1.165) is 11.8 Å². The Morgan fingerprint density at radius 1 is 1.53 bits per heavy atom. The zero-order valence-electron chi connectivity index (χ0n) is 9.78. The third kappa shape index (κ3) is 3.39. The molecule has 1 aliphatic heterocycles. The fourth-order valence-corrected chi connectivity index (χ4v) is 2.79. The van der Waals surface area contributed by atoms with Gasteiger partial charge in [-0.1, -0.05) is 30.0 Å². The second-order valence-electron chi connectivity index (χ2n) is 3.73. The first-order valence-electron chi connectivity index (χ1n) is 5.46. The lowest BCUT2D eigenvalue weighted by Gasteiger charge is -2.12. The Hall–Kier alpha value is -1.73. The molecule has 1 fully saturated rings. The van der Waals surface area contributed by atoms with Crippen molar-refractivity contribution >= 4 is 46.3 Å². The summed E-state index contributed by atoms with van der Waals surface area (Å²) < 4.78 is 0.383. The second kappa shape index (κ2) is 5.94. The van der Waals surface area contributed by atoms with Crippen LogP contribution in [0, 0.1) is 0 Å². The van der Waals surface area contributed by atoms with Gasteiger partial charge in [-0.3, -0.25) is 19.5 Å². The molecule has 1 aliphatic rings. The van der Waals surface area contributed by atoms with Gasteiger partial charge in [-0.15, -0.1) is 0 Å². The van der Waals surface area contributed by atoms with E-state index in [0.29, 0.717) is 14.9 Å². The topological polar surface area (TPSA) is 70.5 Å². The highest BCUT2D eigenvalue weighted by Gasteiger charge is 2.32. The molecule has 0 radical (unpaired) electrons. The molecule has 19 heavy (non-hydrogen) atoms. The van der Waals surface area contributed by atoms with Gasteiger partial charge in [0.25, 0.3) is 5.91 Å². The molecule has 0 spiro atoms. The van der Waals surface area contributed by atoms with Gasteiger partial charge in [0.05, 0.1) is 17.0 Å². The smallest absolute Gasteiger partial charge is 0.305 e. The molecular formula is C12H10N2O3S2. The Labute approximate surface area is 119 Å². The minimum atomic E-state index is -0.956. The molecule has 2 rings (SSSR count). The summed E-state index contributed by atoms with van der Waals surface area (Å²) in [4.78, 5) is 28.5. The maximum Gasteiger partial charge on any atom is 0.305 e. The van der Waals surface area contributed by atoms with Crippen LogP contribution in [-0.2, 0) is 9.59 Å². The SMILES string of the molecule is O=C(O)CCN1C(=O)C(=Cc2ccccn2)SC1=S. The summed E-state index contributed by atoms with van der Waals surface area (Å²) in [5, 5.41) is 8.63. The first-order valence-corrected chi connectivity index (χ1v) is 6.68. The molecule has 7 heteroatoms. The number of carbonyl (C=O) groups is 2. The zero-order chi connectivity index (χ0) is 13.8. The number of nitrogens with zero attached hydrogens (tertiary/aromatic N) is 2. The zero-order valence-corrected chi connectivity index (χ0v) is 11.4. The Morgan fingerprint density at radius 2 is 2.32 bits per heavy atom. The van der Waals surface area contributed by atoms with E-state index in [1.54, 1.807) is 24.4 Å². The third-order valence-corrected chi connectivity index (χ3v) is 3.77. The maximum absolute atomic E-state index is 12.1. The molecular weight excluding hydrogens is 284 g/mol. The number of thioether (sulfide) groups is 1. The summed E-state index contributed by atoms with van der Waals surface area (Å²) >= 11 is 6.24. The highest BCUT2D eigenvalue weighted by molar-refractivity contribution is 8.26. The van der Waals surface area contributed by atoms with Crippen molar-refractivity contribution in [2.24, 2.45) is 0 Å². The van der Waals surface area contributed by atoms with Crippen molar-refractivity contribution in [1.82, 2.24) is 9.88 Å². The molecule has 5 nitrogen and oxygen atoms in total. The van der Waals surface area contributed by atoms with Gasteiger partial charge in [0, 0.05) is 12.7 Å². The number of amides is 1. The van der Waals surface area contributed by atoms with Gasteiger partial charge >= 0.3 is 5.97 Å². The summed E-state index contributed by atoms with van der Waals surface area (Å²) in [6.07, 6.45) is 3.17. The van der Waals surface area contributed by atoms with E-state index in [9.17, 15) is 9.59 Å². The normalized spacial score (nSPS) is 17.3. The first kappa shape index (κ1) is 13.7. The lowest BCUT2D eigenvalue weighted by molar-refractivity contribution is -0.137. The van der Waals surface area contributed by atoms with Gasteiger partial charge in [-0.2, -0.15) is 0 Å². The average molecular weight is 294 g/mol. The van der Waals surface area contributed by atoms with E-state index < -0.39 is 5.97 Å². The molecule has 0 atom stereocenters. The van der Waals surface area contributed by atoms with Gasteiger partial charge in [0.2, 0.25) is 0 Å². The van der Waals surface area contributed by atoms with Crippen LogP contribution in [0.15, 0.2) is 29.3 Å². The van der Waals surface area contributed by atoms with Crippen LogP contribution in [0.3, 0.4) is 0 Å². The maximum atomic E-state index is 12.1. The molecule has 1 saturated heterocycles. The van der Waals surface area contributed by atoms with Crippen molar-refractivity contribution < 1.29 is 14.7 Å². The van der Waals surface area contributed by atoms with E-state index in [1.807, 2.05) is 6.07 Å². The number of aromatic nitrogens is 1. The summed E-state index contributed by atoms with van der Waals surface area (Å²) in [6.45, 7) is 0.0968. The highest BCUT2D eigenvalue weighted by atomic mass is 32.2. The van der Waals surface area contributed by atoms with Crippen LogP contribution >= 0.6 is 24.0 Å². The minimum absolute atomic E-state index is 0.0968. The number of carbonyl (C=O) groups excluding carboxylic acids is 1. The fourth-order valence-electron chi connectivity index (χ4n) is 1.50. The monoisotopic (exact) mass is 294 g/mol. The minimum Gasteiger partial charge on any atom is -0.481 e. The van der Waals surface area contributed by atoms with E-state index in [2.05, 4.69) is 4.98 Å². The molecule has 0 unspecified atom stereocenters. The van der Waals surface area contributed by atoms with Crippen molar-refractivity contribution in [2.75, 3.05) is 6.54 Å². The molecule has 0 bridgehead atoms. The molecule has 0 aromatic carbocycles. The van der Waals surface area contributed by atoms with E-state index >= 15 is 0 Å². The lowest BCUT2D eigenvalue weighted by atomic mass is 10.3. The van der Waals surface area contributed by atoms with Crippen LogP contribution in [0.5, 0.6) is 0 Å². The Morgan fingerprint density at radius 3 is 2.95 bits per heavy atom. The van der Waals surface area contributed by atoms with E-state index in [-0.39, 0.29) is 18.9 Å². The molecule has 0 saturated carbocycles. The molecule has 1 aromatic rings. The molecule has 2 heterocycles. The van der Waals surface area contributed by atoms with Crippen molar-refractivity contribution in [1.29, 1.82) is 0 Å². The fraction of sp³-hybridized carbons (Fsp3) is 0.167. The van der Waals surface area contributed by atoms with Crippen LogP contribution in [-0.4, -0.2) is 37.7 Å². The van der Waals surface area contributed by atoms with E-state index in [4.69, 9.17) is 17.3 Å². The van der Waals surface area contributed by atoms with Crippen LogP contribution in [0.2, 0.25) is 0 Å². The number of rotatable bonds is 4. The Bertz CT molecular complexity index is 557. The second-order valence-corrected chi connectivity index (χ2v) is 5.41. The molecule has 98 valence electrons. The van der Waals surface area contributed by atoms with Crippen molar-refractivity contribution in [3.63, 3.8) is 0 Å². The predicted molar refractivity (Wildman–Crippen MR) is 76.4 cm³/mol. The molecule has 1 aromatic heterocycles. The predicted octanol–water partition coefficient (Wildman–Crippen LogP) is 1.76. The average Bonchev–Trinajstić information content (AvgIpc) is 2.63. The number of hydrogen-bond acceptors (Lipinski definition) is 5. The highest BCUT2D eigenvalue weighted by Crippen LogP contribution is 2.32. The number of carboxylic acids is 1. The van der Waals surface area contributed by atoms with Crippen LogP contribution < -0.4 is 0 Å². The number of thiocarbonyl (C=S) groups is 1. The molecule has 1 N–H and O–H groups in total. The standard InChI is InChI=1S/C12H10N2O3S2/c15-10(16)4-6-14-11(17)9(19-12(14)18)7-8-3-1-2-5-13-8/h1-3,5,7H,4,6H2,(H,15,16). The van der Waals surface area contributed by atoms with Gasteiger partial charge < -0.3 is 5.11 Å². The van der Waals surface area contributed by atoms with Gasteiger partial charge in [0.1, 0.15) is 4.32 Å². The lowest BCUT2D eigenvalue weighted by Crippen LogP contribution is -2.30. The first-order chi connectivity index (χ1) is 9.08. The summed E-state index contributed by atoms with van der Waals surface area (Å²) in [6, 6.07) is 5.39. The Kier molecular flexibility index (Phi) is 4.28.